The number of hydrogen-bond acceptors (Lipinski definition) is 6. The molecule has 2 aliphatic heterocycles. The maximum atomic E-state index is 13.6. The number of halogens is 1. The van der Waals surface area contributed by atoms with E-state index in [1.807, 2.05) is 0 Å². The number of non-ortho nitro benzene ring substituents is 1. The molecule has 2 heterocycles. The van der Waals surface area contributed by atoms with Crippen molar-refractivity contribution in [2.45, 2.75) is 12.1 Å². The number of benzene rings is 3. The van der Waals surface area contributed by atoms with Crippen molar-refractivity contribution in [3.8, 4) is 5.75 Å². The molecule has 0 spiro atoms. The lowest BCUT2D eigenvalue weighted by atomic mass is 9.86. The number of nitrogens with zero attached hydrogens (tertiary/aromatic N) is 3. The van der Waals surface area contributed by atoms with Crippen LogP contribution < -0.4 is 9.64 Å². The third-order valence-electron chi connectivity index (χ3n) is 6.02. The molecule has 0 aromatic heterocycles. The SMILES string of the molecule is COc1ccc(N2C(=O)[C@@H](N3C(=O)c4ccc([N+](=O)[O-])cc4C3=O)[C@@H]2c2ccc(F)cc2)cc1. The third kappa shape index (κ3) is 3.11. The van der Waals surface area contributed by atoms with Gasteiger partial charge in [0.2, 0.25) is 0 Å². The normalized spacial score (nSPS) is 19.2. The summed E-state index contributed by atoms with van der Waals surface area (Å²) in [6, 6.07) is 13.5. The minimum atomic E-state index is -1.20. The van der Waals surface area contributed by atoms with Gasteiger partial charge < -0.3 is 9.64 Å². The van der Waals surface area contributed by atoms with Crippen molar-refractivity contribution in [2.75, 3.05) is 12.0 Å². The van der Waals surface area contributed by atoms with Crippen LogP contribution in [0.4, 0.5) is 15.8 Å². The number of β-lactam (4-membered cyclic amide) rings is 1. The van der Waals surface area contributed by atoms with Crippen LogP contribution in [0, 0.1) is 15.9 Å². The summed E-state index contributed by atoms with van der Waals surface area (Å²) in [5.41, 5.74) is 0.543. The highest BCUT2D eigenvalue weighted by Gasteiger charge is 2.57. The van der Waals surface area contributed by atoms with Crippen molar-refractivity contribution in [3.05, 3.63) is 99.4 Å². The fourth-order valence-electron chi connectivity index (χ4n) is 4.36. The van der Waals surface area contributed by atoms with Crippen LogP contribution in [-0.4, -0.2) is 40.7 Å². The summed E-state index contributed by atoms with van der Waals surface area (Å²) in [5, 5.41) is 11.1. The van der Waals surface area contributed by atoms with Crippen molar-refractivity contribution in [1.29, 1.82) is 0 Å². The minimum absolute atomic E-state index is 0.0100. The number of carbonyl (C=O) groups is 3. The third-order valence-corrected chi connectivity index (χ3v) is 6.02. The van der Waals surface area contributed by atoms with Gasteiger partial charge in [-0.1, -0.05) is 12.1 Å². The Bertz CT molecular complexity index is 1360. The fourth-order valence-corrected chi connectivity index (χ4v) is 4.36. The Morgan fingerprint density at radius 2 is 1.50 bits per heavy atom. The second-order valence-corrected chi connectivity index (χ2v) is 7.81. The van der Waals surface area contributed by atoms with E-state index in [-0.39, 0.29) is 16.8 Å². The molecule has 3 amide bonds. The summed E-state index contributed by atoms with van der Waals surface area (Å²) in [5.74, 6) is -1.91. The predicted molar refractivity (Wildman–Crippen MR) is 117 cm³/mol. The largest absolute Gasteiger partial charge is 0.497 e. The van der Waals surface area contributed by atoms with Gasteiger partial charge >= 0.3 is 0 Å². The molecule has 1 saturated heterocycles. The molecule has 1 fully saturated rings. The number of anilines is 1. The Kier molecular flexibility index (Phi) is 4.85. The second-order valence-electron chi connectivity index (χ2n) is 7.81. The summed E-state index contributed by atoms with van der Waals surface area (Å²) in [6.07, 6.45) is 0. The highest BCUT2D eigenvalue weighted by atomic mass is 19.1. The molecular formula is C24H16FN3O6. The molecule has 2 aliphatic rings. The molecule has 0 aliphatic carbocycles. The number of nitro groups is 1. The topological polar surface area (TPSA) is 110 Å². The molecule has 10 heteroatoms. The van der Waals surface area contributed by atoms with E-state index < -0.39 is 40.5 Å². The number of imide groups is 1. The number of methoxy groups -OCH3 is 1. The first-order valence-corrected chi connectivity index (χ1v) is 10.2. The monoisotopic (exact) mass is 461 g/mol. The molecule has 3 aromatic carbocycles. The van der Waals surface area contributed by atoms with Gasteiger partial charge in [0.1, 0.15) is 17.6 Å². The van der Waals surface area contributed by atoms with E-state index in [4.69, 9.17) is 4.74 Å². The number of amides is 3. The zero-order valence-corrected chi connectivity index (χ0v) is 17.7. The standard InChI is InChI=1S/C24H16FN3O6/c1-34-17-9-6-15(7-10-17)26-20(13-2-4-14(25)5-3-13)21(24(26)31)27-22(29)18-11-8-16(28(32)33)12-19(18)23(27)30/h2-12,20-21H,1H3/t20-,21-/m0/s1. The summed E-state index contributed by atoms with van der Waals surface area (Å²) >= 11 is 0. The molecule has 0 bridgehead atoms. The smallest absolute Gasteiger partial charge is 0.270 e. The van der Waals surface area contributed by atoms with Crippen molar-refractivity contribution < 1.29 is 28.4 Å². The number of ether oxygens (including phenoxy) is 1. The van der Waals surface area contributed by atoms with E-state index in [0.29, 0.717) is 17.0 Å². The highest BCUT2D eigenvalue weighted by molar-refractivity contribution is 6.25. The first-order valence-electron chi connectivity index (χ1n) is 10.2. The molecule has 2 atom stereocenters. The fraction of sp³-hybridized carbons (Fsp3) is 0.125. The van der Waals surface area contributed by atoms with Crippen molar-refractivity contribution in [2.24, 2.45) is 0 Å². The van der Waals surface area contributed by atoms with E-state index in [1.165, 1.54) is 42.3 Å². The van der Waals surface area contributed by atoms with E-state index in [0.717, 1.165) is 17.0 Å². The van der Waals surface area contributed by atoms with Crippen LogP contribution >= 0.6 is 0 Å². The van der Waals surface area contributed by atoms with E-state index in [1.54, 1.807) is 24.3 Å². The molecule has 0 radical (unpaired) electrons. The average molecular weight is 461 g/mol. The molecule has 0 saturated carbocycles. The van der Waals surface area contributed by atoms with Gasteiger partial charge in [-0.25, -0.2) is 4.39 Å². The Labute approximate surface area is 192 Å². The summed E-state index contributed by atoms with van der Waals surface area (Å²) in [4.78, 5) is 52.3. The molecular weight excluding hydrogens is 445 g/mol. The Morgan fingerprint density at radius 3 is 2.12 bits per heavy atom. The van der Waals surface area contributed by atoms with Crippen LogP contribution in [0.25, 0.3) is 0 Å². The highest BCUT2D eigenvalue weighted by Crippen LogP contribution is 2.44. The van der Waals surface area contributed by atoms with Gasteiger partial charge in [0.25, 0.3) is 23.4 Å². The second kappa shape index (κ2) is 7.77. The van der Waals surface area contributed by atoms with Crippen LogP contribution in [0.3, 0.4) is 0 Å². The number of fused-ring (bicyclic) bond motifs is 1. The lowest BCUT2D eigenvalue weighted by Crippen LogP contribution is -2.67. The Hall–Kier alpha value is -4.60. The molecule has 3 aromatic rings. The average Bonchev–Trinajstić information content (AvgIpc) is 3.08. The first-order chi connectivity index (χ1) is 16.3. The van der Waals surface area contributed by atoms with E-state index >= 15 is 0 Å². The number of hydrogen-bond donors (Lipinski definition) is 0. The number of carbonyl (C=O) groups excluding carboxylic acids is 3. The van der Waals surface area contributed by atoms with Crippen LogP contribution in [0.5, 0.6) is 5.75 Å². The lowest BCUT2D eigenvalue weighted by molar-refractivity contribution is -0.384. The maximum absolute atomic E-state index is 13.6. The van der Waals surface area contributed by atoms with Crippen molar-refractivity contribution >= 4 is 29.1 Å². The van der Waals surface area contributed by atoms with Gasteiger partial charge in [0, 0.05) is 17.8 Å². The molecule has 34 heavy (non-hydrogen) atoms. The van der Waals surface area contributed by atoms with E-state index in [2.05, 4.69) is 0 Å². The summed E-state index contributed by atoms with van der Waals surface area (Å²) in [7, 11) is 1.51. The van der Waals surface area contributed by atoms with Gasteiger partial charge in [-0.2, -0.15) is 0 Å². The number of nitro benzene ring substituents is 1. The van der Waals surface area contributed by atoms with Crippen molar-refractivity contribution in [3.63, 3.8) is 0 Å². The molecule has 170 valence electrons. The summed E-state index contributed by atoms with van der Waals surface area (Å²) < 4.78 is 18.7. The van der Waals surface area contributed by atoms with Gasteiger partial charge in [-0.15, -0.1) is 0 Å². The number of rotatable bonds is 5. The van der Waals surface area contributed by atoms with E-state index in [9.17, 15) is 28.9 Å². The zero-order valence-electron chi connectivity index (χ0n) is 17.7. The maximum Gasteiger partial charge on any atom is 0.270 e. The van der Waals surface area contributed by atoms with Gasteiger partial charge in [-0.05, 0) is 48.0 Å². The van der Waals surface area contributed by atoms with Crippen LogP contribution in [0.1, 0.15) is 32.3 Å². The lowest BCUT2D eigenvalue weighted by Gasteiger charge is -2.49. The van der Waals surface area contributed by atoms with Crippen LogP contribution in [0.2, 0.25) is 0 Å². The zero-order chi connectivity index (χ0) is 24.1. The van der Waals surface area contributed by atoms with Gasteiger partial charge in [0.05, 0.1) is 29.2 Å². The quantitative estimate of drug-likeness (QED) is 0.249. The molecule has 0 N–H and O–H groups in total. The molecule has 5 rings (SSSR count). The predicted octanol–water partition coefficient (Wildman–Crippen LogP) is 3.50. The first kappa shape index (κ1) is 21.3. The minimum Gasteiger partial charge on any atom is -0.497 e. The van der Waals surface area contributed by atoms with Crippen molar-refractivity contribution in [1.82, 2.24) is 4.90 Å². The Balaban J connectivity index is 1.56. The Morgan fingerprint density at radius 1 is 0.853 bits per heavy atom. The summed E-state index contributed by atoms with van der Waals surface area (Å²) in [6.45, 7) is 0. The van der Waals surface area contributed by atoms with Gasteiger partial charge in [0.15, 0.2) is 0 Å². The van der Waals surface area contributed by atoms with Crippen LogP contribution in [0.15, 0.2) is 66.7 Å². The van der Waals surface area contributed by atoms with Crippen LogP contribution in [-0.2, 0) is 4.79 Å². The van der Waals surface area contributed by atoms with Gasteiger partial charge in [-0.3, -0.25) is 29.4 Å². The molecule has 9 nitrogen and oxygen atoms in total. The molecule has 0 unspecified atom stereocenters.